The van der Waals surface area contributed by atoms with Crippen LogP contribution in [0, 0.1) is 0 Å². The number of halogens is 7. The molecule has 0 aromatic carbocycles. The summed E-state index contributed by atoms with van der Waals surface area (Å²) in [5.74, 6) is -2.60. The number of nitrogens with zero attached hydrogens (tertiary/aromatic N) is 4. The number of alkyl halides is 6. The van der Waals surface area contributed by atoms with Crippen LogP contribution in [0.5, 0.6) is 0 Å². The third-order valence-corrected chi connectivity index (χ3v) is 3.09. The van der Waals surface area contributed by atoms with E-state index in [1.54, 1.807) is 0 Å². The number of anilines is 2. The number of hydrogen-bond acceptors (Lipinski definition) is 6. The van der Waals surface area contributed by atoms with Crippen molar-refractivity contribution in [2.45, 2.75) is 38.2 Å². The molecule has 0 fully saturated rings. The summed E-state index contributed by atoms with van der Waals surface area (Å²) in [5.41, 5.74) is -0.489. The molecule has 2 atom stereocenters. The monoisotopic (exact) mass is 419 g/mol. The van der Waals surface area contributed by atoms with E-state index in [1.165, 1.54) is 5.32 Å². The lowest BCUT2D eigenvalue weighted by molar-refractivity contribution is -0.139. The first-order valence-corrected chi connectivity index (χ1v) is 7.34. The van der Waals surface area contributed by atoms with Crippen molar-refractivity contribution < 1.29 is 33.2 Å². The molecule has 0 radical (unpaired) electrons. The summed E-state index contributed by atoms with van der Waals surface area (Å²) >= 11 is 5.71. The molecule has 148 valence electrons. The molecule has 0 aliphatic heterocycles. The number of aromatic nitrogens is 4. The van der Waals surface area contributed by atoms with Crippen LogP contribution >= 0.6 is 11.6 Å². The normalized spacial score (nSPS) is 17.7. The van der Waals surface area contributed by atoms with Crippen molar-refractivity contribution in [1.29, 1.82) is 0 Å². The van der Waals surface area contributed by atoms with E-state index in [9.17, 15) is 26.3 Å². The first-order valence-electron chi connectivity index (χ1n) is 9.46. The Morgan fingerprint density at radius 1 is 0.963 bits per heavy atom. The van der Waals surface area contributed by atoms with E-state index in [4.69, 9.17) is 18.5 Å². The van der Waals surface area contributed by atoms with Gasteiger partial charge in [0.15, 0.2) is 5.82 Å². The van der Waals surface area contributed by atoms with Crippen LogP contribution in [0.1, 0.15) is 20.6 Å². The summed E-state index contributed by atoms with van der Waals surface area (Å²) in [7, 11) is 0. The van der Waals surface area contributed by atoms with Gasteiger partial charge < -0.3 is 10.6 Å². The fraction of sp³-hybridized carbons (Fsp3) is 0.429. The molecule has 13 heteroatoms. The standard InChI is InChI=1S/C14H13ClF6N6/c1-6(13(16,17)18)22-11-25-10(8-4-3-5-9(15)24-8)26-12(27-11)23-7(2)14(19,20)21/h3-7H,1-2H3,(H2,22,23,25,26,27)/t6-,7-/m1/s1/i1D3,4D,5D. The average Bonchev–Trinajstić information content (AvgIpc) is 2.60. The third-order valence-electron chi connectivity index (χ3n) is 2.89. The van der Waals surface area contributed by atoms with Gasteiger partial charge >= 0.3 is 12.4 Å². The van der Waals surface area contributed by atoms with Crippen molar-refractivity contribution in [2.75, 3.05) is 10.6 Å². The van der Waals surface area contributed by atoms with E-state index < -0.39 is 65.9 Å². The Labute approximate surface area is 161 Å². The zero-order chi connectivity index (χ0) is 24.6. The summed E-state index contributed by atoms with van der Waals surface area (Å²) in [5, 5.41) is 2.91. The first-order chi connectivity index (χ1) is 14.4. The van der Waals surface area contributed by atoms with Crippen LogP contribution in [0.15, 0.2) is 18.2 Å². The molecule has 6 nitrogen and oxygen atoms in total. The van der Waals surface area contributed by atoms with Gasteiger partial charge in [-0.25, -0.2) is 4.98 Å². The molecule has 2 heterocycles. The minimum absolute atomic E-state index is 0.378. The molecule has 2 aromatic rings. The predicted molar refractivity (Wildman–Crippen MR) is 86.3 cm³/mol. The number of nitrogens with one attached hydrogen (secondary N) is 2. The maximum atomic E-state index is 13.2. The lowest BCUT2D eigenvalue weighted by Crippen LogP contribution is -2.35. The summed E-state index contributed by atoms with van der Waals surface area (Å²) in [6, 6.07) is -5.42. The van der Waals surface area contributed by atoms with Crippen molar-refractivity contribution >= 4 is 23.5 Å². The Morgan fingerprint density at radius 3 is 2.04 bits per heavy atom. The number of pyridine rings is 1. The Bertz CT molecular complexity index is 972. The van der Waals surface area contributed by atoms with E-state index in [0.717, 1.165) is 6.07 Å². The quantitative estimate of drug-likeness (QED) is 0.555. The second-order valence-electron chi connectivity index (χ2n) is 5.02. The third kappa shape index (κ3) is 5.81. The molecule has 2 N–H and O–H groups in total. The first kappa shape index (κ1) is 14.7. The minimum Gasteiger partial charge on any atom is -0.343 e. The van der Waals surface area contributed by atoms with Gasteiger partial charge in [-0.2, -0.15) is 41.3 Å². The van der Waals surface area contributed by atoms with Gasteiger partial charge in [-0.3, -0.25) is 0 Å². The molecule has 27 heavy (non-hydrogen) atoms. The molecular formula is C14H13ClF6N6. The fourth-order valence-corrected chi connectivity index (χ4v) is 1.68. The zero-order valence-electron chi connectivity index (χ0n) is 18.2. The van der Waals surface area contributed by atoms with Crippen molar-refractivity contribution in [3.05, 3.63) is 23.3 Å². The molecule has 0 unspecified atom stereocenters. The van der Waals surface area contributed by atoms with Gasteiger partial charge in [-0.05, 0) is 25.9 Å². The highest BCUT2D eigenvalue weighted by Crippen LogP contribution is 2.26. The zero-order valence-corrected chi connectivity index (χ0v) is 13.9. The SMILES string of the molecule is [2H]c1cc([2H])c(-c2nc(N[C@H](C([2H])([2H])[2H])C(F)(F)F)nc(N[C@H](C)C(F)(F)F)n2)nc1Cl. The number of rotatable bonds is 5. The molecule has 0 aliphatic carbocycles. The van der Waals surface area contributed by atoms with E-state index in [1.807, 2.05) is 5.32 Å². The number of hydrogen-bond donors (Lipinski definition) is 2. The van der Waals surface area contributed by atoms with Gasteiger partial charge in [0.2, 0.25) is 11.9 Å². The molecule has 2 rings (SSSR count). The van der Waals surface area contributed by atoms with Crippen molar-refractivity contribution in [1.82, 2.24) is 19.9 Å². The van der Waals surface area contributed by atoms with Crippen LogP contribution in [0.25, 0.3) is 11.5 Å². The Hall–Kier alpha value is -2.37. The summed E-state index contributed by atoms with van der Waals surface area (Å²) < 4.78 is 115. The van der Waals surface area contributed by atoms with Gasteiger partial charge in [0, 0.05) is 4.11 Å². The van der Waals surface area contributed by atoms with Crippen molar-refractivity contribution in [2.24, 2.45) is 0 Å². The summed E-state index contributed by atoms with van der Waals surface area (Å²) in [6.45, 7) is -2.94. The molecule has 0 spiro atoms. The highest BCUT2D eigenvalue weighted by molar-refractivity contribution is 6.29. The van der Waals surface area contributed by atoms with E-state index in [2.05, 4.69) is 19.9 Å². The van der Waals surface area contributed by atoms with Crippen LogP contribution < -0.4 is 10.6 Å². The highest BCUT2D eigenvalue weighted by Gasteiger charge is 2.38. The second-order valence-corrected chi connectivity index (χ2v) is 5.38. The Morgan fingerprint density at radius 2 is 1.52 bits per heavy atom. The topological polar surface area (TPSA) is 75.6 Å². The molecule has 0 saturated heterocycles. The summed E-state index contributed by atoms with van der Waals surface area (Å²) in [4.78, 5) is 14.2. The van der Waals surface area contributed by atoms with E-state index in [-0.39, 0.29) is 6.04 Å². The molecular weight excluding hydrogens is 402 g/mol. The maximum absolute atomic E-state index is 13.2. The van der Waals surface area contributed by atoms with E-state index >= 15 is 0 Å². The second kappa shape index (κ2) is 7.71. The largest absolute Gasteiger partial charge is 0.408 e. The van der Waals surface area contributed by atoms with Gasteiger partial charge in [0.1, 0.15) is 22.9 Å². The molecule has 0 aliphatic rings. The van der Waals surface area contributed by atoms with Crippen LogP contribution in [0.4, 0.5) is 38.2 Å². The molecule has 2 aromatic heterocycles. The van der Waals surface area contributed by atoms with Gasteiger partial charge in [0.05, 0.1) is 2.74 Å². The maximum Gasteiger partial charge on any atom is 0.408 e. The molecule has 0 amide bonds. The highest BCUT2D eigenvalue weighted by atomic mass is 35.5. The van der Waals surface area contributed by atoms with Crippen molar-refractivity contribution in [3.8, 4) is 11.5 Å². The Kier molecular flexibility index (Phi) is 4.18. The van der Waals surface area contributed by atoms with Gasteiger partial charge in [-0.1, -0.05) is 17.7 Å². The smallest absolute Gasteiger partial charge is 0.343 e. The minimum atomic E-state index is -5.31. The molecule has 0 saturated carbocycles. The lowest BCUT2D eigenvalue weighted by atomic mass is 10.3. The van der Waals surface area contributed by atoms with Crippen LogP contribution in [-0.4, -0.2) is 44.4 Å². The van der Waals surface area contributed by atoms with Gasteiger partial charge in [0.25, 0.3) is 0 Å². The van der Waals surface area contributed by atoms with Crippen molar-refractivity contribution in [3.63, 3.8) is 0 Å². The Balaban J connectivity index is 2.62. The summed E-state index contributed by atoms with van der Waals surface area (Å²) in [6.07, 6.45) is -10.1. The fourth-order valence-electron chi connectivity index (χ4n) is 1.54. The van der Waals surface area contributed by atoms with Gasteiger partial charge in [-0.15, -0.1) is 0 Å². The van der Waals surface area contributed by atoms with E-state index in [0.29, 0.717) is 6.92 Å². The molecule has 0 bridgehead atoms. The van der Waals surface area contributed by atoms with Crippen LogP contribution in [0.3, 0.4) is 0 Å². The average molecular weight is 420 g/mol. The van der Waals surface area contributed by atoms with Crippen LogP contribution in [0.2, 0.25) is 5.15 Å². The predicted octanol–water partition coefficient (Wildman–Crippen LogP) is 4.31. The lowest BCUT2D eigenvalue weighted by Gasteiger charge is -2.20. The van der Waals surface area contributed by atoms with Crippen LogP contribution in [-0.2, 0) is 0 Å².